The molecule has 4 aromatic rings. The molecule has 30 heavy (non-hydrogen) atoms. The monoisotopic (exact) mass is 395 g/mol. The minimum Gasteiger partial charge on any atom is -0.260 e. The third-order valence-corrected chi connectivity index (χ3v) is 4.33. The van der Waals surface area contributed by atoms with Crippen LogP contribution in [0, 0.1) is 10.1 Å². The predicted octanol–water partition coefficient (Wildman–Crippen LogP) is 4.85. The van der Waals surface area contributed by atoms with E-state index < -0.39 is 4.92 Å². The van der Waals surface area contributed by atoms with Gasteiger partial charge in [0, 0.05) is 17.5 Å². The first-order chi connectivity index (χ1) is 14.7. The Kier molecular flexibility index (Phi) is 5.52. The molecule has 0 unspecified atom stereocenters. The van der Waals surface area contributed by atoms with Crippen LogP contribution in [0.1, 0.15) is 11.3 Å². The Balaban J connectivity index is 1.63. The Morgan fingerprint density at radius 2 is 1.63 bits per heavy atom. The van der Waals surface area contributed by atoms with E-state index in [0.29, 0.717) is 11.5 Å². The third-order valence-electron chi connectivity index (χ3n) is 4.33. The molecule has 0 atom stereocenters. The predicted molar refractivity (Wildman–Crippen MR) is 118 cm³/mol. The highest BCUT2D eigenvalue weighted by Gasteiger charge is 2.07. The van der Waals surface area contributed by atoms with E-state index in [9.17, 15) is 10.1 Å². The average Bonchev–Trinajstić information content (AvgIpc) is 2.79. The number of amidine groups is 1. The van der Waals surface area contributed by atoms with Gasteiger partial charge in [0.25, 0.3) is 5.69 Å². The van der Waals surface area contributed by atoms with E-state index in [1.165, 1.54) is 12.1 Å². The summed E-state index contributed by atoms with van der Waals surface area (Å²) in [5.41, 5.74) is 5.99. The Morgan fingerprint density at radius 1 is 0.900 bits per heavy atom. The molecule has 146 valence electrons. The van der Waals surface area contributed by atoms with Gasteiger partial charge >= 0.3 is 0 Å². The Bertz CT molecular complexity index is 1240. The molecule has 7 nitrogen and oxygen atoms in total. The number of hydrogen-bond donors (Lipinski definition) is 1. The van der Waals surface area contributed by atoms with Crippen molar-refractivity contribution < 1.29 is 4.92 Å². The van der Waals surface area contributed by atoms with Crippen molar-refractivity contribution in [3.63, 3.8) is 0 Å². The molecule has 0 aliphatic heterocycles. The molecular formula is C23H17N5O2. The lowest BCUT2D eigenvalue weighted by molar-refractivity contribution is -0.384. The lowest BCUT2D eigenvalue weighted by Crippen LogP contribution is -2.20. The van der Waals surface area contributed by atoms with E-state index in [-0.39, 0.29) is 5.69 Å². The van der Waals surface area contributed by atoms with Gasteiger partial charge < -0.3 is 0 Å². The van der Waals surface area contributed by atoms with Crippen molar-refractivity contribution in [2.75, 3.05) is 0 Å². The standard InChI is InChI=1S/C23H17N5O2/c29-28(30)20-13-10-17(11-14-20)16-24-27-23(25-19-7-2-1-3-8-19)22-15-12-18-6-4-5-9-21(18)26-22/h1-16H,(H,25,27)/b24-16+. The summed E-state index contributed by atoms with van der Waals surface area (Å²) in [6, 6.07) is 27.4. The number of pyridine rings is 1. The van der Waals surface area contributed by atoms with Crippen LogP contribution in [0.5, 0.6) is 0 Å². The highest BCUT2D eigenvalue weighted by Crippen LogP contribution is 2.15. The fraction of sp³-hybridized carbons (Fsp3) is 0. The topological polar surface area (TPSA) is 92.8 Å². The number of nitro groups is 1. The number of rotatable bonds is 5. The molecule has 0 bridgehead atoms. The maximum atomic E-state index is 10.8. The van der Waals surface area contributed by atoms with Crippen LogP contribution in [-0.4, -0.2) is 22.0 Å². The number of non-ortho nitro benzene ring substituents is 1. The van der Waals surface area contributed by atoms with Gasteiger partial charge in [-0.25, -0.2) is 9.98 Å². The van der Waals surface area contributed by atoms with Gasteiger partial charge in [-0.05, 0) is 42.0 Å². The first-order valence-corrected chi connectivity index (χ1v) is 9.22. The van der Waals surface area contributed by atoms with Gasteiger partial charge in [-0.1, -0.05) is 42.5 Å². The molecule has 0 fully saturated rings. The molecule has 0 amide bonds. The van der Waals surface area contributed by atoms with Crippen LogP contribution in [0.3, 0.4) is 0 Å². The van der Waals surface area contributed by atoms with Crippen LogP contribution in [-0.2, 0) is 0 Å². The summed E-state index contributed by atoms with van der Waals surface area (Å²) in [5.74, 6) is 0.491. The maximum Gasteiger partial charge on any atom is 0.269 e. The normalized spacial score (nSPS) is 11.7. The number of nitro benzene ring substituents is 1. The molecule has 0 spiro atoms. The summed E-state index contributed by atoms with van der Waals surface area (Å²) >= 11 is 0. The minimum absolute atomic E-state index is 0.0341. The van der Waals surface area contributed by atoms with Gasteiger partial charge in [0.1, 0.15) is 5.69 Å². The number of nitrogens with one attached hydrogen (secondary N) is 1. The molecule has 3 aromatic carbocycles. The van der Waals surface area contributed by atoms with Crippen LogP contribution in [0.4, 0.5) is 11.4 Å². The van der Waals surface area contributed by atoms with Crippen molar-refractivity contribution in [2.24, 2.45) is 10.1 Å². The molecule has 1 heterocycles. The zero-order chi connectivity index (χ0) is 20.8. The second-order valence-corrected chi connectivity index (χ2v) is 6.40. The maximum absolute atomic E-state index is 10.8. The Morgan fingerprint density at radius 3 is 2.40 bits per heavy atom. The Hall–Kier alpha value is -4.39. The van der Waals surface area contributed by atoms with Gasteiger partial charge in [0.15, 0.2) is 5.84 Å². The molecule has 0 saturated carbocycles. The number of aromatic nitrogens is 1. The van der Waals surface area contributed by atoms with E-state index in [4.69, 9.17) is 0 Å². The van der Waals surface area contributed by atoms with E-state index >= 15 is 0 Å². The lowest BCUT2D eigenvalue weighted by Gasteiger charge is -2.07. The molecule has 7 heteroatoms. The first-order valence-electron chi connectivity index (χ1n) is 9.22. The summed E-state index contributed by atoms with van der Waals surface area (Å²) in [6.45, 7) is 0. The quantitative estimate of drug-likeness (QED) is 0.226. The second kappa shape index (κ2) is 8.74. The number of fused-ring (bicyclic) bond motifs is 1. The summed E-state index contributed by atoms with van der Waals surface area (Å²) in [6.07, 6.45) is 1.57. The van der Waals surface area contributed by atoms with Crippen LogP contribution in [0.15, 0.2) is 101 Å². The molecule has 0 saturated heterocycles. The molecule has 1 aromatic heterocycles. The number of hydrazone groups is 1. The Labute approximate surface area is 172 Å². The summed E-state index contributed by atoms with van der Waals surface area (Å²) in [4.78, 5) is 19.7. The van der Waals surface area contributed by atoms with Crippen molar-refractivity contribution in [3.8, 4) is 0 Å². The minimum atomic E-state index is -0.435. The zero-order valence-corrected chi connectivity index (χ0v) is 15.8. The van der Waals surface area contributed by atoms with Gasteiger partial charge in [-0.2, -0.15) is 5.10 Å². The fourth-order valence-electron chi connectivity index (χ4n) is 2.82. The van der Waals surface area contributed by atoms with E-state index in [0.717, 1.165) is 22.2 Å². The molecular weight excluding hydrogens is 378 g/mol. The molecule has 1 N–H and O–H groups in total. The summed E-state index contributed by atoms with van der Waals surface area (Å²) < 4.78 is 0. The largest absolute Gasteiger partial charge is 0.269 e. The molecule has 0 aliphatic rings. The fourth-order valence-corrected chi connectivity index (χ4v) is 2.82. The van der Waals surface area contributed by atoms with Gasteiger partial charge in [-0.15, -0.1) is 0 Å². The third kappa shape index (κ3) is 4.53. The van der Waals surface area contributed by atoms with Gasteiger partial charge in [0.05, 0.1) is 22.3 Å². The van der Waals surface area contributed by atoms with Crippen LogP contribution in [0.2, 0.25) is 0 Å². The molecule has 0 radical (unpaired) electrons. The second-order valence-electron chi connectivity index (χ2n) is 6.40. The molecule has 4 rings (SSSR count). The van der Waals surface area contributed by atoms with Crippen molar-refractivity contribution in [1.29, 1.82) is 0 Å². The van der Waals surface area contributed by atoms with Crippen molar-refractivity contribution >= 4 is 34.3 Å². The number of hydrogen-bond acceptors (Lipinski definition) is 5. The number of para-hydroxylation sites is 2. The lowest BCUT2D eigenvalue weighted by atomic mass is 10.2. The highest BCUT2D eigenvalue weighted by molar-refractivity contribution is 6.00. The van der Waals surface area contributed by atoms with E-state index in [2.05, 4.69) is 20.5 Å². The van der Waals surface area contributed by atoms with Gasteiger partial charge in [0.2, 0.25) is 0 Å². The van der Waals surface area contributed by atoms with Crippen LogP contribution < -0.4 is 5.43 Å². The number of benzene rings is 3. The average molecular weight is 395 g/mol. The van der Waals surface area contributed by atoms with Crippen molar-refractivity contribution in [1.82, 2.24) is 10.4 Å². The number of nitrogens with zero attached hydrogens (tertiary/aromatic N) is 4. The first kappa shape index (κ1) is 18.9. The van der Waals surface area contributed by atoms with Crippen LogP contribution >= 0.6 is 0 Å². The van der Waals surface area contributed by atoms with E-state index in [1.807, 2.05) is 66.7 Å². The van der Waals surface area contributed by atoms with Crippen LogP contribution in [0.25, 0.3) is 10.9 Å². The highest BCUT2D eigenvalue weighted by atomic mass is 16.6. The summed E-state index contributed by atoms with van der Waals surface area (Å²) in [5, 5.41) is 16.1. The zero-order valence-electron chi connectivity index (χ0n) is 15.8. The van der Waals surface area contributed by atoms with E-state index in [1.54, 1.807) is 18.3 Å². The smallest absolute Gasteiger partial charge is 0.260 e. The van der Waals surface area contributed by atoms with Crippen molar-refractivity contribution in [2.45, 2.75) is 0 Å². The summed E-state index contributed by atoms with van der Waals surface area (Å²) in [7, 11) is 0. The van der Waals surface area contributed by atoms with Crippen molar-refractivity contribution in [3.05, 3.63) is 112 Å². The number of aliphatic imine (C=N–C) groups is 1. The van der Waals surface area contributed by atoms with Gasteiger partial charge in [-0.3, -0.25) is 15.5 Å². The SMILES string of the molecule is O=[N+]([O-])c1ccc(/C=N/NC(=Nc2ccccc2)c2ccc3ccccc3n2)cc1. The molecule has 0 aliphatic carbocycles.